The van der Waals surface area contributed by atoms with Crippen LogP contribution in [0.5, 0.6) is 0 Å². The van der Waals surface area contributed by atoms with Crippen LogP contribution in [-0.4, -0.2) is 37.0 Å². The zero-order valence-electron chi connectivity index (χ0n) is 10.3. The van der Waals surface area contributed by atoms with Crippen molar-refractivity contribution in [3.63, 3.8) is 0 Å². The fraction of sp³-hybridized carbons (Fsp3) is 0.462. The lowest BCUT2D eigenvalue weighted by Gasteiger charge is -2.14. The molecule has 3 N–H and O–H groups in total. The Morgan fingerprint density at radius 2 is 2.11 bits per heavy atom. The van der Waals surface area contributed by atoms with Crippen molar-refractivity contribution in [3.8, 4) is 0 Å². The number of benzene rings is 1. The minimum atomic E-state index is -0.539. The van der Waals surface area contributed by atoms with Gasteiger partial charge in [-0.05, 0) is 44.1 Å². The number of nitrogens with two attached hydrogens (primary N) is 1. The van der Waals surface area contributed by atoms with Crippen LogP contribution in [0.1, 0.15) is 23.2 Å². The fourth-order valence-corrected chi connectivity index (χ4v) is 2.15. The predicted octanol–water partition coefficient (Wildman–Crippen LogP) is 1.23. The third kappa shape index (κ3) is 3.20. The highest BCUT2D eigenvalue weighted by Gasteiger charge is 2.14. The maximum absolute atomic E-state index is 13.4. The van der Waals surface area contributed by atoms with Crippen molar-refractivity contribution in [2.45, 2.75) is 12.8 Å². The Kier molecular flexibility index (Phi) is 4.15. The van der Waals surface area contributed by atoms with Crippen LogP contribution in [0.2, 0.25) is 0 Å². The molecule has 0 radical (unpaired) electrons. The van der Waals surface area contributed by atoms with Crippen LogP contribution >= 0.6 is 0 Å². The van der Waals surface area contributed by atoms with Gasteiger partial charge in [-0.3, -0.25) is 4.79 Å². The topological polar surface area (TPSA) is 58.4 Å². The van der Waals surface area contributed by atoms with Gasteiger partial charge in [0.05, 0.1) is 5.56 Å². The Morgan fingerprint density at radius 1 is 1.39 bits per heavy atom. The molecular formula is C13H18FN3O. The molecular weight excluding hydrogens is 233 g/mol. The predicted molar refractivity (Wildman–Crippen MR) is 68.8 cm³/mol. The summed E-state index contributed by atoms with van der Waals surface area (Å²) < 4.78 is 13.4. The molecule has 18 heavy (non-hydrogen) atoms. The first-order chi connectivity index (χ1) is 8.66. The van der Waals surface area contributed by atoms with Crippen LogP contribution < -0.4 is 11.1 Å². The molecule has 1 aromatic carbocycles. The van der Waals surface area contributed by atoms with Gasteiger partial charge in [-0.2, -0.15) is 0 Å². The van der Waals surface area contributed by atoms with E-state index in [2.05, 4.69) is 10.2 Å². The van der Waals surface area contributed by atoms with Crippen LogP contribution in [0.3, 0.4) is 0 Å². The Balaban J connectivity index is 1.85. The van der Waals surface area contributed by atoms with Gasteiger partial charge in [-0.25, -0.2) is 4.39 Å². The van der Waals surface area contributed by atoms with E-state index in [9.17, 15) is 9.18 Å². The second kappa shape index (κ2) is 5.82. The average Bonchev–Trinajstić information content (AvgIpc) is 2.85. The van der Waals surface area contributed by atoms with E-state index in [4.69, 9.17) is 5.73 Å². The molecule has 1 aliphatic rings. The number of nitrogen functional groups attached to an aromatic ring is 1. The highest BCUT2D eigenvalue weighted by molar-refractivity contribution is 5.95. The Labute approximate surface area is 106 Å². The maximum atomic E-state index is 13.4. The van der Waals surface area contributed by atoms with Gasteiger partial charge in [0.25, 0.3) is 5.91 Å². The molecule has 0 bridgehead atoms. The lowest BCUT2D eigenvalue weighted by molar-refractivity contribution is 0.0946. The molecule has 0 spiro atoms. The van der Waals surface area contributed by atoms with Crippen molar-refractivity contribution in [1.29, 1.82) is 0 Å². The zero-order chi connectivity index (χ0) is 13.0. The van der Waals surface area contributed by atoms with E-state index in [0.717, 1.165) is 19.6 Å². The number of likely N-dealkylation sites (tertiary alicyclic amines) is 1. The molecule has 98 valence electrons. The highest BCUT2D eigenvalue weighted by atomic mass is 19.1. The summed E-state index contributed by atoms with van der Waals surface area (Å²) in [5, 5.41) is 2.72. The van der Waals surface area contributed by atoms with E-state index in [1.54, 1.807) is 0 Å². The van der Waals surface area contributed by atoms with Crippen LogP contribution in [-0.2, 0) is 0 Å². The zero-order valence-corrected chi connectivity index (χ0v) is 10.3. The monoisotopic (exact) mass is 251 g/mol. The number of carbonyl (C=O) groups is 1. The van der Waals surface area contributed by atoms with Crippen molar-refractivity contribution in [2.24, 2.45) is 0 Å². The molecule has 1 aromatic rings. The van der Waals surface area contributed by atoms with Gasteiger partial charge in [-0.1, -0.05) is 0 Å². The van der Waals surface area contributed by atoms with E-state index in [-0.39, 0.29) is 5.56 Å². The molecule has 0 aromatic heterocycles. The number of anilines is 1. The van der Waals surface area contributed by atoms with Crippen molar-refractivity contribution < 1.29 is 9.18 Å². The van der Waals surface area contributed by atoms with Gasteiger partial charge in [0.2, 0.25) is 0 Å². The van der Waals surface area contributed by atoms with Crippen molar-refractivity contribution >= 4 is 11.6 Å². The van der Waals surface area contributed by atoms with E-state index in [1.807, 2.05) is 0 Å². The second-order valence-electron chi connectivity index (χ2n) is 4.54. The Bertz CT molecular complexity index is 430. The SMILES string of the molecule is Nc1ccc(F)c(C(=O)NCCN2CCCC2)c1. The van der Waals surface area contributed by atoms with Gasteiger partial charge >= 0.3 is 0 Å². The third-order valence-electron chi connectivity index (χ3n) is 3.15. The van der Waals surface area contributed by atoms with Gasteiger partial charge in [0.15, 0.2) is 0 Å². The molecule has 1 heterocycles. The van der Waals surface area contributed by atoms with Gasteiger partial charge in [-0.15, -0.1) is 0 Å². The number of halogens is 1. The first kappa shape index (κ1) is 12.8. The molecule has 2 rings (SSSR count). The molecule has 0 unspecified atom stereocenters. The summed E-state index contributed by atoms with van der Waals surface area (Å²) >= 11 is 0. The van der Waals surface area contributed by atoms with Crippen LogP contribution in [0.25, 0.3) is 0 Å². The average molecular weight is 251 g/mol. The van der Waals surface area contributed by atoms with Crippen molar-refractivity contribution in [1.82, 2.24) is 10.2 Å². The second-order valence-corrected chi connectivity index (χ2v) is 4.54. The number of rotatable bonds is 4. The minimum absolute atomic E-state index is 0.0106. The highest BCUT2D eigenvalue weighted by Crippen LogP contribution is 2.11. The quantitative estimate of drug-likeness (QED) is 0.791. The van der Waals surface area contributed by atoms with Crippen LogP contribution in [0.15, 0.2) is 18.2 Å². The van der Waals surface area contributed by atoms with E-state index < -0.39 is 11.7 Å². The first-order valence-electron chi connectivity index (χ1n) is 6.22. The van der Waals surface area contributed by atoms with Crippen LogP contribution in [0, 0.1) is 5.82 Å². The largest absolute Gasteiger partial charge is 0.399 e. The summed E-state index contributed by atoms with van der Waals surface area (Å²) in [5.74, 6) is -0.943. The summed E-state index contributed by atoms with van der Waals surface area (Å²) in [6, 6.07) is 4.02. The third-order valence-corrected chi connectivity index (χ3v) is 3.15. The number of nitrogens with one attached hydrogen (secondary N) is 1. The van der Waals surface area contributed by atoms with Crippen molar-refractivity contribution in [3.05, 3.63) is 29.6 Å². The first-order valence-corrected chi connectivity index (χ1v) is 6.22. The normalized spacial score (nSPS) is 15.8. The molecule has 1 amide bonds. The molecule has 5 heteroatoms. The van der Waals surface area contributed by atoms with Crippen LogP contribution in [0.4, 0.5) is 10.1 Å². The van der Waals surface area contributed by atoms with E-state index in [1.165, 1.54) is 31.0 Å². The Morgan fingerprint density at radius 3 is 2.83 bits per heavy atom. The van der Waals surface area contributed by atoms with E-state index >= 15 is 0 Å². The number of carbonyl (C=O) groups excluding carboxylic acids is 1. The summed E-state index contributed by atoms with van der Waals surface area (Å²) in [4.78, 5) is 14.1. The van der Waals surface area contributed by atoms with Crippen molar-refractivity contribution in [2.75, 3.05) is 31.9 Å². The minimum Gasteiger partial charge on any atom is -0.399 e. The standard InChI is InChI=1S/C13H18FN3O/c14-12-4-3-10(15)9-11(12)13(18)16-5-8-17-6-1-2-7-17/h3-4,9H,1-2,5-8,15H2,(H,16,18). The molecule has 0 saturated carbocycles. The fourth-order valence-electron chi connectivity index (χ4n) is 2.15. The summed E-state index contributed by atoms with van der Waals surface area (Å²) in [6.07, 6.45) is 2.44. The maximum Gasteiger partial charge on any atom is 0.254 e. The van der Waals surface area contributed by atoms with Gasteiger partial charge in [0, 0.05) is 18.8 Å². The lowest BCUT2D eigenvalue weighted by Crippen LogP contribution is -2.33. The molecule has 0 aliphatic carbocycles. The van der Waals surface area contributed by atoms with Gasteiger partial charge in [0.1, 0.15) is 5.82 Å². The molecule has 4 nitrogen and oxygen atoms in total. The molecule has 1 fully saturated rings. The van der Waals surface area contributed by atoms with Gasteiger partial charge < -0.3 is 16.0 Å². The number of nitrogens with zero attached hydrogens (tertiary/aromatic N) is 1. The number of amides is 1. The summed E-state index contributed by atoms with van der Waals surface area (Å²) in [7, 11) is 0. The number of hydrogen-bond acceptors (Lipinski definition) is 3. The Hall–Kier alpha value is -1.62. The smallest absolute Gasteiger partial charge is 0.254 e. The lowest BCUT2D eigenvalue weighted by atomic mass is 10.2. The molecule has 0 atom stereocenters. The summed E-state index contributed by atoms with van der Waals surface area (Å²) in [5.41, 5.74) is 5.94. The number of hydrogen-bond donors (Lipinski definition) is 2. The molecule has 1 saturated heterocycles. The summed E-state index contributed by atoms with van der Waals surface area (Å²) in [6.45, 7) is 3.52. The molecule has 1 aliphatic heterocycles. The van der Waals surface area contributed by atoms with E-state index in [0.29, 0.717) is 12.2 Å².